The lowest BCUT2D eigenvalue weighted by Gasteiger charge is -2.00. The van der Waals surface area contributed by atoms with Gasteiger partial charge in [0.25, 0.3) is 0 Å². The number of rotatable bonds is 4. The first-order chi connectivity index (χ1) is 9.38. The molecule has 5 nitrogen and oxygen atoms in total. The van der Waals surface area contributed by atoms with Crippen LogP contribution in [0.3, 0.4) is 0 Å². The van der Waals surface area contributed by atoms with E-state index in [9.17, 15) is 0 Å². The lowest BCUT2D eigenvalue weighted by Crippen LogP contribution is -2.00. The molecule has 0 amide bonds. The number of aryl methyl sites for hydroxylation is 1. The summed E-state index contributed by atoms with van der Waals surface area (Å²) in [6, 6.07) is 9.77. The Morgan fingerprint density at radius 3 is 2.95 bits per heavy atom. The summed E-state index contributed by atoms with van der Waals surface area (Å²) >= 11 is 0. The van der Waals surface area contributed by atoms with Crippen LogP contribution in [0.5, 0.6) is 0 Å². The molecule has 3 rings (SSSR count). The molecule has 0 saturated carbocycles. The fourth-order valence-corrected chi connectivity index (χ4v) is 2.01. The number of nitrogens with zero attached hydrogens (tertiary/aromatic N) is 3. The largest absolute Gasteiger partial charge is 0.421 e. The zero-order valence-corrected chi connectivity index (χ0v) is 10.4. The predicted molar refractivity (Wildman–Crippen MR) is 72.4 cm³/mol. The third-order valence-corrected chi connectivity index (χ3v) is 2.94. The van der Waals surface area contributed by atoms with E-state index in [1.807, 2.05) is 30.3 Å². The second-order valence-electron chi connectivity index (χ2n) is 4.27. The molecule has 0 spiro atoms. The Morgan fingerprint density at radius 2 is 2.05 bits per heavy atom. The van der Waals surface area contributed by atoms with Gasteiger partial charge >= 0.3 is 0 Å². The molecule has 96 valence electrons. The quantitative estimate of drug-likeness (QED) is 0.772. The van der Waals surface area contributed by atoms with Crippen LogP contribution in [0.4, 0.5) is 0 Å². The minimum absolute atomic E-state index is 0.533. The number of hydrogen-bond donors (Lipinski definition) is 1. The third kappa shape index (κ3) is 2.32. The topological polar surface area (TPSA) is 77.8 Å². The van der Waals surface area contributed by atoms with Crippen molar-refractivity contribution < 1.29 is 4.42 Å². The van der Waals surface area contributed by atoms with E-state index in [-0.39, 0.29) is 0 Å². The number of pyridine rings is 1. The van der Waals surface area contributed by atoms with Gasteiger partial charge in [0, 0.05) is 23.6 Å². The number of benzene rings is 1. The molecule has 0 atom stereocenters. The fraction of sp³-hybridized carbons (Fsp3) is 0.214. The molecule has 0 aliphatic carbocycles. The smallest absolute Gasteiger partial charge is 0.248 e. The van der Waals surface area contributed by atoms with Crippen molar-refractivity contribution in [3.63, 3.8) is 0 Å². The first-order valence-corrected chi connectivity index (χ1v) is 6.25. The van der Waals surface area contributed by atoms with E-state index in [0.29, 0.717) is 24.7 Å². The highest BCUT2D eigenvalue weighted by atomic mass is 16.4. The van der Waals surface area contributed by atoms with Crippen molar-refractivity contribution in [1.29, 1.82) is 0 Å². The van der Waals surface area contributed by atoms with E-state index in [1.165, 1.54) is 0 Å². The Hall–Kier alpha value is -2.27. The van der Waals surface area contributed by atoms with Crippen LogP contribution >= 0.6 is 0 Å². The molecule has 2 aromatic heterocycles. The Bertz CT molecular complexity index is 687. The van der Waals surface area contributed by atoms with Crippen LogP contribution < -0.4 is 5.73 Å². The molecule has 0 fully saturated rings. The van der Waals surface area contributed by atoms with Gasteiger partial charge in [0.2, 0.25) is 11.8 Å². The van der Waals surface area contributed by atoms with Gasteiger partial charge in [-0.3, -0.25) is 4.98 Å². The van der Waals surface area contributed by atoms with E-state index in [0.717, 1.165) is 22.9 Å². The van der Waals surface area contributed by atoms with Crippen molar-refractivity contribution in [3.05, 3.63) is 42.4 Å². The van der Waals surface area contributed by atoms with E-state index in [4.69, 9.17) is 10.2 Å². The maximum Gasteiger partial charge on any atom is 0.248 e. The molecule has 19 heavy (non-hydrogen) atoms. The first-order valence-electron chi connectivity index (χ1n) is 6.25. The Morgan fingerprint density at radius 1 is 1.11 bits per heavy atom. The number of aromatic nitrogens is 3. The highest BCUT2D eigenvalue weighted by molar-refractivity contribution is 5.92. The maximum absolute atomic E-state index is 5.67. The second-order valence-corrected chi connectivity index (χ2v) is 4.27. The average Bonchev–Trinajstić information content (AvgIpc) is 2.93. The van der Waals surface area contributed by atoms with Crippen LogP contribution in [-0.2, 0) is 6.42 Å². The van der Waals surface area contributed by atoms with Crippen molar-refractivity contribution in [2.45, 2.75) is 12.8 Å². The van der Waals surface area contributed by atoms with Gasteiger partial charge in [-0.05, 0) is 31.2 Å². The van der Waals surface area contributed by atoms with Gasteiger partial charge in [0.1, 0.15) is 0 Å². The molecule has 1 aromatic carbocycles. The lowest BCUT2D eigenvalue weighted by atomic mass is 10.1. The molecular formula is C14H14N4O. The number of fused-ring (bicyclic) bond motifs is 1. The van der Waals surface area contributed by atoms with Crippen molar-refractivity contribution in [1.82, 2.24) is 15.2 Å². The molecule has 0 bridgehead atoms. The summed E-state index contributed by atoms with van der Waals surface area (Å²) < 4.78 is 5.67. The molecule has 2 N–H and O–H groups in total. The first kappa shape index (κ1) is 11.8. The highest BCUT2D eigenvalue weighted by Gasteiger charge is 2.11. The normalized spacial score (nSPS) is 11.0. The SMILES string of the molecule is NCCCc1nnc(-c2cccc3ncccc23)o1. The van der Waals surface area contributed by atoms with Crippen LogP contribution in [0.15, 0.2) is 40.9 Å². The molecule has 3 aromatic rings. The van der Waals surface area contributed by atoms with E-state index in [2.05, 4.69) is 15.2 Å². The highest BCUT2D eigenvalue weighted by Crippen LogP contribution is 2.26. The molecule has 5 heteroatoms. The van der Waals surface area contributed by atoms with Gasteiger partial charge in [0.15, 0.2) is 0 Å². The Kier molecular flexibility index (Phi) is 3.20. The number of hydrogen-bond acceptors (Lipinski definition) is 5. The number of nitrogens with two attached hydrogens (primary N) is 1. The summed E-state index contributed by atoms with van der Waals surface area (Å²) in [6.07, 6.45) is 3.33. The molecule has 0 unspecified atom stereocenters. The summed E-state index contributed by atoms with van der Waals surface area (Å²) in [6.45, 7) is 0.621. The van der Waals surface area contributed by atoms with Crippen LogP contribution in [0.25, 0.3) is 22.4 Å². The predicted octanol–water partition coefficient (Wildman–Crippen LogP) is 2.18. The van der Waals surface area contributed by atoms with Gasteiger partial charge in [-0.1, -0.05) is 12.1 Å². The van der Waals surface area contributed by atoms with Gasteiger partial charge in [-0.25, -0.2) is 0 Å². The van der Waals surface area contributed by atoms with Gasteiger partial charge < -0.3 is 10.2 Å². The van der Waals surface area contributed by atoms with Crippen LogP contribution in [-0.4, -0.2) is 21.7 Å². The average molecular weight is 254 g/mol. The van der Waals surface area contributed by atoms with Gasteiger partial charge in [-0.2, -0.15) is 0 Å². The van der Waals surface area contributed by atoms with Crippen molar-refractivity contribution in [2.75, 3.05) is 6.54 Å². The molecule has 2 heterocycles. The monoisotopic (exact) mass is 254 g/mol. The third-order valence-electron chi connectivity index (χ3n) is 2.94. The Balaban J connectivity index is 2.02. The van der Waals surface area contributed by atoms with Crippen LogP contribution in [0.2, 0.25) is 0 Å². The van der Waals surface area contributed by atoms with Crippen molar-refractivity contribution >= 4 is 10.9 Å². The van der Waals surface area contributed by atoms with E-state index < -0.39 is 0 Å². The summed E-state index contributed by atoms with van der Waals surface area (Å²) in [5.74, 6) is 1.16. The minimum atomic E-state index is 0.533. The van der Waals surface area contributed by atoms with Crippen molar-refractivity contribution in [2.24, 2.45) is 5.73 Å². The molecule has 0 saturated heterocycles. The summed E-state index contributed by atoms with van der Waals surface area (Å²) in [4.78, 5) is 4.32. The maximum atomic E-state index is 5.67. The fourth-order valence-electron chi connectivity index (χ4n) is 2.01. The summed E-state index contributed by atoms with van der Waals surface area (Å²) in [5.41, 5.74) is 7.30. The lowest BCUT2D eigenvalue weighted by molar-refractivity contribution is 0.499. The Labute approximate surface area is 110 Å². The zero-order chi connectivity index (χ0) is 13.1. The van der Waals surface area contributed by atoms with Crippen LogP contribution in [0, 0.1) is 0 Å². The molecule has 0 aliphatic heterocycles. The second kappa shape index (κ2) is 5.16. The van der Waals surface area contributed by atoms with E-state index in [1.54, 1.807) is 6.20 Å². The van der Waals surface area contributed by atoms with E-state index >= 15 is 0 Å². The minimum Gasteiger partial charge on any atom is -0.421 e. The standard InChI is InChI=1S/C14H14N4O/c15-8-2-7-13-17-18-14(19-13)11-4-1-6-12-10(11)5-3-9-16-12/h1,3-6,9H,2,7-8,15H2. The molecule has 0 radical (unpaired) electrons. The summed E-state index contributed by atoms with van der Waals surface area (Å²) in [5, 5.41) is 9.16. The van der Waals surface area contributed by atoms with Crippen LogP contribution in [0.1, 0.15) is 12.3 Å². The molecular weight excluding hydrogens is 240 g/mol. The van der Waals surface area contributed by atoms with Crippen molar-refractivity contribution in [3.8, 4) is 11.5 Å². The van der Waals surface area contributed by atoms with Gasteiger partial charge in [0.05, 0.1) is 5.52 Å². The zero-order valence-electron chi connectivity index (χ0n) is 10.4. The summed E-state index contributed by atoms with van der Waals surface area (Å²) in [7, 11) is 0. The van der Waals surface area contributed by atoms with Gasteiger partial charge in [-0.15, -0.1) is 10.2 Å². The molecule has 0 aliphatic rings.